The van der Waals surface area contributed by atoms with Gasteiger partial charge in [-0.2, -0.15) is 0 Å². The summed E-state index contributed by atoms with van der Waals surface area (Å²) in [6, 6.07) is 0. The molecule has 0 saturated heterocycles. The molecule has 0 aromatic carbocycles. The lowest BCUT2D eigenvalue weighted by Gasteiger charge is -2.05. The van der Waals surface area contributed by atoms with Crippen LogP contribution < -0.4 is 0 Å². The molecule has 1 nitrogen and oxygen atoms in total. The van der Waals surface area contributed by atoms with Crippen molar-refractivity contribution in [3.8, 4) is 0 Å². The SMILES string of the molecule is C1CCCCCCCCCCC1.CO. The van der Waals surface area contributed by atoms with E-state index in [9.17, 15) is 0 Å². The van der Waals surface area contributed by atoms with Crippen molar-refractivity contribution in [2.75, 3.05) is 7.11 Å². The number of hydrogen-bond donors (Lipinski definition) is 1. The Morgan fingerprint density at radius 2 is 0.429 bits per heavy atom. The van der Waals surface area contributed by atoms with Crippen molar-refractivity contribution >= 4 is 0 Å². The minimum Gasteiger partial charge on any atom is -0.400 e. The van der Waals surface area contributed by atoms with Gasteiger partial charge in [-0.3, -0.25) is 0 Å². The smallest absolute Gasteiger partial charge is 0.0319 e. The zero-order valence-electron chi connectivity index (χ0n) is 9.93. The molecule has 86 valence electrons. The van der Waals surface area contributed by atoms with Crippen LogP contribution in [0.15, 0.2) is 0 Å². The fourth-order valence-electron chi connectivity index (χ4n) is 2.12. The van der Waals surface area contributed by atoms with Crippen LogP contribution in [0.2, 0.25) is 0 Å². The predicted octanol–water partition coefficient (Wildman–Crippen LogP) is 4.29. The molecule has 0 heterocycles. The second-order valence-corrected chi connectivity index (χ2v) is 4.24. The fraction of sp³-hybridized carbons (Fsp3) is 1.00. The van der Waals surface area contributed by atoms with E-state index >= 15 is 0 Å². The molecule has 1 rings (SSSR count). The summed E-state index contributed by atoms with van der Waals surface area (Å²) in [5.74, 6) is 0. The van der Waals surface area contributed by atoms with Crippen molar-refractivity contribution < 1.29 is 5.11 Å². The molecule has 1 aliphatic carbocycles. The van der Waals surface area contributed by atoms with E-state index in [-0.39, 0.29) is 0 Å². The van der Waals surface area contributed by atoms with Crippen molar-refractivity contribution in [2.45, 2.75) is 77.0 Å². The Labute approximate surface area is 89.9 Å². The number of hydrogen-bond acceptors (Lipinski definition) is 1. The first-order valence-electron chi connectivity index (χ1n) is 6.45. The highest BCUT2D eigenvalue weighted by atomic mass is 16.2. The lowest BCUT2D eigenvalue weighted by atomic mass is 10.0. The average Bonchev–Trinajstić information content (AvgIpc) is 2.22. The standard InChI is InChI=1S/C12H24.CH4O/c1-2-4-6-8-10-12-11-9-7-5-3-1;1-2/h1-12H2;2H,1H3. The minimum atomic E-state index is 1.00. The maximum Gasteiger partial charge on any atom is 0.0319 e. The van der Waals surface area contributed by atoms with E-state index in [0.717, 1.165) is 7.11 Å². The molecule has 0 aliphatic heterocycles. The first-order chi connectivity index (χ1) is 7.00. The fourth-order valence-corrected chi connectivity index (χ4v) is 2.12. The molecule has 14 heavy (non-hydrogen) atoms. The molecule has 0 spiro atoms. The first kappa shape index (κ1) is 14.0. The van der Waals surface area contributed by atoms with Gasteiger partial charge in [0.05, 0.1) is 0 Å². The second-order valence-electron chi connectivity index (χ2n) is 4.24. The summed E-state index contributed by atoms with van der Waals surface area (Å²) in [4.78, 5) is 0. The minimum absolute atomic E-state index is 1.00. The van der Waals surface area contributed by atoms with Crippen LogP contribution in [0.1, 0.15) is 77.0 Å². The van der Waals surface area contributed by atoms with Gasteiger partial charge in [-0.1, -0.05) is 77.0 Å². The van der Waals surface area contributed by atoms with Gasteiger partial charge in [0.15, 0.2) is 0 Å². The van der Waals surface area contributed by atoms with Gasteiger partial charge in [0.2, 0.25) is 0 Å². The molecule has 0 atom stereocenters. The topological polar surface area (TPSA) is 20.2 Å². The molecule has 1 saturated carbocycles. The van der Waals surface area contributed by atoms with E-state index in [4.69, 9.17) is 5.11 Å². The summed E-state index contributed by atoms with van der Waals surface area (Å²) in [5, 5.41) is 7.00. The van der Waals surface area contributed by atoms with Crippen molar-refractivity contribution in [3.63, 3.8) is 0 Å². The van der Waals surface area contributed by atoms with Crippen LogP contribution in [0.5, 0.6) is 0 Å². The van der Waals surface area contributed by atoms with Gasteiger partial charge < -0.3 is 5.11 Å². The van der Waals surface area contributed by atoms with E-state index in [0.29, 0.717) is 0 Å². The molecular formula is C13H28O. The molecule has 1 fully saturated rings. The molecule has 0 amide bonds. The van der Waals surface area contributed by atoms with Gasteiger partial charge in [-0.15, -0.1) is 0 Å². The molecule has 0 bridgehead atoms. The third-order valence-electron chi connectivity index (χ3n) is 3.00. The Kier molecular flexibility index (Phi) is 12.9. The highest BCUT2D eigenvalue weighted by Crippen LogP contribution is 2.15. The average molecular weight is 200 g/mol. The zero-order chi connectivity index (χ0) is 10.5. The molecule has 1 N–H and O–H groups in total. The van der Waals surface area contributed by atoms with E-state index in [2.05, 4.69) is 0 Å². The molecular weight excluding hydrogens is 172 g/mol. The van der Waals surface area contributed by atoms with Crippen molar-refractivity contribution in [3.05, 3.63) is 0 Å². The zero-order valence-corrected chi connectivity index (χ0v) is 9.93. The maximum atomic E-state index is 7.00. The second kappa shape index (κ2) is 13.0. The molecule has 0 unspecified atom stereocenters. The molecule has 0 radical (unpaired) electrons. The first-order valence-corrected chi connectivity index (χ1v) is 6.45. The van der Waals surface area contributed by atoms with Crippen LogP contribution in [0.4, 0.5) is 0 Å². The van der Waals surface area contributed by atoms with Gasteiger partial charge in [0, 0.05) is 7.11 Å². The third kappa shape index (κ3) is 10.0. The highest BCUT2D eigenvalue weighted by Gasteiger charge is 1.96. The third-order valence-corrected chi connectivity index (χ3v) is 3.00. The molecule has 0 aromatic rings. The van der Waals surface area contributed by atoms with Crippen molar-refractivity contribution in [2.24, 2.45) is 0 Å². The number of rotatable bonds is 0. The summed E-state index contributed by atoms with van der Waals surface area (Å²) in [6.45, 7) is 0. The summed E-state index contributed by atoms with van der Waals surface area (Å²) in [5.41, 5.74) is 0. The van der Waals surface area contributed by atoms with Crippen molar-refractivity contribution in [1.82, 2.24) is 0 Å². The summed E-state index contributed by atoms with van der Waals surface area (Å²) in [7, 11) is 1.00. The van der Waals surface area contributed by atoms with E-state index in [1.807, 2.05) is 0 Å². The van der Waals surface area contributed by atoms with Crippen LogP contribution in [0.25, 0.3) is 0 Å². The van der Waals surface area contributed by atoms with Gasteiger partial charge in [-0.05, 0) is 0 Å². The van der Waals surface area contributed by atoms with E-state index < -0.39 is 0 Å². The Bertz CT molecular complexity index is 48.2. The van der Waals surface area contributed by atoms with E-state index in [1.54, 1.807) is 0 Å². The van der Waals surface area contributed by atoms with Gasteiger partial charge >= 0.3 is 0 Å². The van der Waals surface area contributed by atoms with Crippen LogP contribution in [0, 0.1) is 0 Å². The van der Waals surface area contributed by atoms with Gasteiger partial charge in [-0.25, -0.2) is 0 Å². The van der Waals surface area contributed by atoms with Gasteiger partial charge in [0.1, 0.15) is 0 Å². The number of aliphatic hydroxyl groups is 1. The summed E-state index contributed by atoms with van der Waals surface area (Å²) >= 11 is 0. The normalized spacial score (nSPS) is 21.0. The Balaban J connectivity index is 0.000000791. The van der Waals surface area contributed by atoms with Crippen LogP contribution in [-0.4, -0.2) is 12.2 Å². The Morgan fingerprint density at radius 3 is 0.500 bits per heavy atom. The lowest BCUT2D eigenvalue weighted by molar-refractivity contribution is 0.399. The summed E-state index contributed by atoms with van der Waals surface area (Å²) < 4.78 is 0. The predicted molar refractivity (Wildman–Crippen MR) is 63.5 cm³/mol. The largest absolute Gasteiger partial charge is 0.400 e. The highest BCUT2D eigenvalue weighted by molar-refractivity contribution is 4.51. The van der Waals surface area contributed by atoms with Crippen LogP contribution >= 0.6 is 0 Å². The van der Waals surface area contributed by atoms with Gasteiger partial charge in [0.25, 0.3) is 0 Å². The Hall–Kier alpha value is -0.0400. The van der Waals surface area contributed by atoms with E-state index in [1.165, 1.54) is 77.0 Å². The molecule has 1 heteroatoms. The number of aliphatic hydroxyl groups excluding tert-OH is 1. The quantitative estimate of drug-likeness (QED) is 0.618. The Morgan fingerprint density at radius 1 is 0.357 bits per heavy atom. The monoisotopic (exact) mass is 200 g/mol. The molecule has 0 aromatic heterocycles. The summed E-state index contributed by atoms with van der Waals surface area (Å²) in [6.07, 6.45) is 18.0. The van der Waals surface area contributed by atoms with Crippen molar-refractivity contribution in [1.29, 1.82) is 0 Å². The molecule has 1 aliphatic rings. The lowest BCUT2D eigenvalue weighted by Crippen LogP contribution is -1.85. The van der Waals surface area contributed by atoms with Crippen LogP contribution in [-0.2, 0) is 0 Å². The maximum absolute atomic E-state index is 7.00. The van der Waals surface area contributed by atoms with Crippen LogP contribution in [0.3, 0.4) is 0 Å².